The molecule has 1 heterocycles. The third-order valence-corrected chi connectivity index (χ3v) is 4.37. The maximum atomic E-state index is 13.9. The molecule has 128 valence electrons. The molecule has 1 saturated heterocycles. The van der Waals surface area contributed by atoms with Crippen LogP contribution in [-0.4, -0.2) is 35.7 Å². The Bertz CT molecular complexity index is 590. The summed E-state index contributed by atoms with van der Waals surface area (Å²) in [5.74, 6) is -0.925. The van der Waals surface area contributed by atoms with Gasteiger partial charge in [0.05, 0.1) is 4.47 Å². The summed E-state index contributed by atoms with van der Waals surface area (Å²) in [4.78, 5) is 13.7. The van der Waals surface area contributed by atoms with E-state index in [0.717, 1.165) is 18.6 Å². The molecule has 2 rings (SSSR count). The average molecular weight is 391 g/mol. The molecule has 0 unspecified atom stereocenters. The topological polar surface area (TPSA) is 41.6 Å². The van der Waals surface area contributed by atoms with Gasteiger partial charge < -0.3 is 10.1 Å². The van der Waals surface area contributed by atoms with Crippen molar-refractivity contribution in [3.8, 4) is 0 Å². The van der Waals surface area contributed by atoms with Crippen molar-refractivity contribution in [3.05, 3.63) is 33.8 Å². The highest BCUT2D eigenvalue weighted by Crippen LogP contribution is 2.26. The van der Waals surface area contributed by atoms with Crippen LogP contribution in [0.4, 0.5) is 13.6 Å². The third kappa shape index (κ3) is 5.14. The summed E-state index contributed by atoms with van der Waals surface area (Å²) in [5, 5.41) is 2.81. The molecule has 4 nitrogen and oxygen atoms in total. The second-order valence-electron chi connectivity index (χ2n) is 6.69. The summed E-state index contributed by atoms with van der Waals surface area (Å²) in [6, 6.07) is 2.17. The Hall–Kier alpha value is -1.21. The van der Waals surface area contributed by atoms with Gasteiger partial charge in [0, 0.05) is 31.2 Å². The van der Waals surface area contributed by atoms with Gasteiger partial charge in [-0.3, -0.25) is 4.90 Å². The van der Waals surface area contributed by atoms with E-state index < -0.39 is 23.3 Å². The van der Waals surface area contributed by atoms with Crippen LogP contribution in [-0.2, 0) is 11.3 Å². The number of alkyl carbamates (subject to hydrolysis) is 1. The summed E-state index contributed by atoms with van der Waals surface area (Å²) < 4.78 is 32.8. The molecule has 1 aromatic carbocycles. The minimum Gasteiger partial charge on any atom is -0.444 e. The summed E-state index contributed by atoms with van der Waals surface area (Å²) in [7, 11) is 0. The molecule has 1 aliphatic heterocycles. The van der Waals surface area contributed by atoms with E-state index in [1.54, 1.807) is 20.8 Å². The van der Waals surface area contributed by atoms with Crippen LogP contribution in [0.3, 0.4) is 0 Å². The Labute approximate surface area is 143 Å². The highest BCUT2D eigenvalue weighted by molar-refractivity contribution is 9.10. The van der Waals surface area contributed by atoms with Gasteiger partial charge in [-0.15, -0.1) is 0 Å². The number of nitrogens with zero attached hydrogens (tertiary/aromatic N) is 1. The Morgan fingerprint density at radius 2 is 2.04 bits per heavy atom. The molecule has 1 N–H and O–H groups in total. The molecule has 0 radical (unpaired) electrons. The number of rotatable bonds is 3. The normalized spacial score (nSPS) is 19.0. The van der Waals surface area contributed by atoms with E-state index in [1.165, 1.54) is 0 Å². The predicted octanol–water partition coefficient (Wildman–Crippen LogP) is 3.83. The minimum absolute atomic E-state index is 0.0553. The van der Waals surface area contributed by atoms with Gasteiger partial charge in [0.15, 0.2) is 0 Å². The van der Waals surface area contributed by atoms with E-state index in [1.807, 2.05) is 4.90 Å². The minimum atomic E-state index is -0.544. The maximum Gasteiger partial charge on any atom is 0.407 e. The van der Waals surface area contributed by atoms with Crippen molar-refractivity contribution in [2.24, 2.45) is 0 Å². The zero-order valence-corrected chi connectivity index (χ0v) is 15.0. The monoisotopic (exact) mass is 390 g/mol. The number of hydrogen-bond donors (Lipinski definition) is 1. The molecule has 0 spiro atoms. The van der Waals surface area contributed by atoms with Crippen molar-refractivity contribution in [1.82, 2.24) is 10.2 Å². The maximum absolute atomic E-state index is 13.9. The summed E-state index contributed by atoms with van der Waals surface area (Å²) in [5.41, 5.74) is -0.249. The van der Waals surface area contributed by atoms with E-state index in [2.05, 4.69) is 21.2 Å². The van der Waals surface area contributed by atoms with E-state index in [9.17, 15) is 13.6 Å². The predicted molar refractivity (Wildman–Crippen MR) is 87.1 cm³/mol. The number of likely N-dealkylation sites (tertiary alicyclic amines) is 1. The highest BCUT2D eigenvalue weighted by Gasteiger charge is 2.27. The average Bonchev–Trinajstić information content (AvgIpc) is 2.84. The van der Waals surface area contributed by atoms with Gasteiger partial charge in [-0.1, -0.05) is 0 Å². The number of carbonyl (C=O) groups excluding carboxylic acids is 1. The molecule has 0 bridgehead atoms. The quantitative estimate of drug-likeness (QED) is 0.797. The van der Waals surface area contributed by atoms with Crippen LogP contribution < -0.4 is 5.32 Å². The molecule has 1 atom stereocenters. The number of halogens is 3. The van der Waals surface area contributed by atoms with Crippen molar-refractivity contribution in [1.29, 1.82) is 0 Å². The van der Waals surface area contributed by atoms with Crippen LogP contribution in [0.25, 0.3) is 0 Å². The molecule has 23 heavy (non-hydrogen) atoms. The Balaban J connectivity index is 1.91. The van der Waals surface area contributed by atoms with Gasteiger partial charge in [-0.2, -0.15) is 0 Å². The molecular formula is C16H21BrF2N2O2. The number of carbonyl (C=O) groups is 1. The van der Waals surface area contributed by atoms with Gasteiger partial charge in [-0.25, -0.2) is 13.6 Å². The molecule has 1 amide bonds. The Morgan fingerprint density at radius 3 is 2.70 bits per heavy atom. The molecule has 0 saturated carbocycles. The van der Waals surface area contributed by atoms with Gasteiger partial charge >= 0.3 is 6.09 Å². The smallest absolute Gasteiger partial charge is 0.407 e. The van der Waals surface area contributed by atoms with Crippen LogP contribution in [0.2, 0.25) is 0 Å². The standard InChI is InChI=1S/C16H21BrF2N2O2/c1-16(2,3)23-15(22)20-10-6-7-21(8-10)9-11-12(18)4-5-13(19)14(11)17/h4-5,10H,6-9H2,1-3H3,(H,20,22)/t10-/m0/s1. The molecule has 0 aliphatic carbocycles. The lowest BCUT2D eigenvalue weighted by atomic mass is 10.2. The zero-order chi connectivity index (χ0) is 17.2. The fourth-order valence-corrected chi connectivity index (χ4v) is 2.95. The summed E-state index contributed by atoms with van der Waals surface area (Å²) >= 11 is 3.10. The number of benzene rings is 1. The molecule has 1 fully saturated rings. The first kappa shape index (κ1) is 18.1. The van der Waals surface area contributed by atoms with Crippen molar-refractivity contribution >= 4 is 22.0 Å². The second kappa shape index (κ2) is 7.13. The fraction of sp³-hybridized carbons (Fsp3) is 0.562. The molecule has 7 heteroatoms. The third-order valence-electron chi connectivity index (χ3n) is 3.51. The Morgan fingerprint density at radius 1 is 1.39 bits per heavy atom. The lowest BCUT2D eigenvalue weighted by molar-refractivity contribution is 0.0505. The van der Waals surface area contributed by atoms with Crippen LogP contribution >= 0.6 is 15.9 Å². The number of nitrogens with one attached hydrogen (secondary N) is 1. The van der Waals surface area contributed by atoms with E-state index in [0.29, 0.717) is 18.7 Å². The summed E-state index contributed by atoms with van der Waals surface area (Å²) in [6.07, 6.45) is 0.288. The summed E-state index contributed by atoms with van der Waals surface area (Å²) in [6.45, 7) is 6.97. The van der Waals surface area contributed by atoms with Crippen LogP contribution in [0.15, 0.2) is 16.6 Å². The Kier molecular flexibility index (Phi) is 5.62. The van der Waals surface area contributed by atoms with Crippen LogP contribution in [0.1, 0.15) is 32.8 Å². The number of hydrogen-bond acceptors (Lipinski definition) is 3. The van der Waals surface area contributed by atoms with E-state index in [-0.39, 0.29) is 17.1 Å². The fourth-order valence-electron chi connectivity index (χ4n) is 2.51. The van der Waals surface area contributed by atoms with Gasteiger partial charge in [0.25, 0.3) is 0 Å². The first-order valence-corrected chi connectivity index (χ1v) is 8.29. The second-order valence-corrected chi connectivity index (χ2v) is 7.48. The van der Waals surface area contributed by atoms with E-state index in [4.69, 9.17) is 4.74 Å². The molecule has 1 aliphatic rings. The molecular weight excluding hydrogens is 370 g/mol. The largest absolute Gasteiger partial charge is 0.444 e. The first-order valence-electron chi connectivity index (χ1n) is 7.50. The number of ether oxygens (including phenoxy) is 1. The van der Waals surface area contributed by atoms with Crippen molar-refractivity contribution < 1.29 is 18.3 Å². The highest BCUT2D eigenvalue weighted by atomic mass is 79.9. The first-order chi connectivity index (χ1) is 10.7. The van der Waals surface area contributed by atoms with Crippen molar-refractivity contribution in [2.45, 2.75) is 45.4 Å². The van der Waals surface area contributed by atoms with Crippen LogP contribution in [0.5, 0.6) is 0 Å². The van der Waals surface area contributed by atoms with Gasteiger partial charge in [0.1, 0.15) is 17.2 Å². The zero-order valence-electron chi connectivity index (χ0n) is 13.5. The van der Waals surface area contributed by atoms with Gasteiger partial charge in [-0.05, 0) is 55.3 Å². The van der Waals surface area contributed by atoms with Gasteiger partial charge in [0.2, 0.25) is 0 Å². The molecule has 1 aromatic rings. The SMILES string of the molecule is CC(C)(C)OC(=O)N[C@H]1CCN(Cc2c(F)ccc(F)c2Br)C1. The lowest BCUT2D eigenvalue weighted by Gasteiger charge is -2.22. The van der Waals surface area contributed by atoms with E-state index >= 15 is 0 Å². The van der Waals surface area contributed by atoms with Crippen LogP contribution in [0, 0.1) is 11.6 Å². The number of amides is 1. The molecule has 0 aromatic heterocycles. The van der Waals surface area contributed by atoms with Crippen molar-refractivity contribution in [2.75, 3.05) is 13.1 Å². The van der Waals surface area contributed by atoms with Crippen molar-refractivity contribution in [3.63, 3.8) is 0 Å². The lowest BCUT2D eigenvalue weighted by Crippen LogP contribution is -2.40.